The lowest BCUT2D eigenvalue weighted by molar-refractivity contribution is -0.119. The Hall–Kier alpha value is -1.07. The van der Waals surface area contributed by atoms with Crippen LogP contribution in [0.25, 0.3) is 0 Å². The molecule has 1 amide bonds. The first-order chi connectivity index (χ1) is 10.1. The summed E-state index contributed by atoms with van der Waals surface area (Å²) in [6.45, 7) is 5.38. The summed E-state index contributed by atoms with van der Waals surface area (Å²) in [7, 11) is 1.96. The van der Waals surface area contributed by atoms with Gasteiger partial charge in [0.05, 0.1) is 5.69 Å². The van der Waals surface area contributed by atoms with Gasteiger partial charge in [-0.25, -0.2) is 0 Å². The summed E-state index contributed by atoms with van der Waals surface area (Å²) < 4.78 is 1.16. The first-order valence-electron chi connectivity index (χ1n) is 7.52. The summed E-state index contributed by atoms with van der Waals surface area (Å²) in [4.78, 5) is 13.4. The molecular formula is C16H24BrN3O. The van der Waals surface area contributed by atoms with Crippen molar-refractivity contribution in [1.82, 2.24) is 10.6 Å². The Bertz CT molecular complexity index is 484. The minimum Gasteiger partial charge on any atom is -0.371 e. The zero-order valence-corrected chi connectivity index (χ0v) is 14.4. The number of benzene rings is 1. The van der Waals surface area contributed by atoms with E-state index in [0.29, 0.717) is 5.92 Å². The largest absolute Gasteiger partial charge is 0.371 e. The topological polar surface area (TPSA) is 44.4 Å². The Morgan fingerprint density at radius 3 is 2.67 bits per heavy atom. The molecule has 0 aliphatic carbocycles. The predicted octanol–water partition coefficient (Wildman–Crippen LogP) is 2.52. The number of rotatable bonds is 5. The minimum atomic E-state index is 0.0697. The van der Waals surface area contributed by atoms with Crippen LogP contribution in [0.5, 0.6) is 0 Å². The molecule has 2 rings (SSSR count). The molecule has 1 aromatic rings. The number of amides is 1. The zero-order valence-electron chi connectivity index (χ0n) is 12.8. The molecule has 1 aromatic carbocycles. The van der Waals surface area contributed by atoms with E-state index < -0.39 is 0 Å². The quantitative estimate of drug-likeness (QED) is 0.854. The molecule has 2 N–H and O–H groups in total. The minimum absolute atomic E-state index is 0.0697. The molecule has 0 radical (unpaired) electrons. The van der Waals surface area contributed by atoms with Crippen molar-refractivity contribution in [1.29, 1.82) is 0 Å². The average Bonchev–Trinajstić information content (AvgIpc) is 2.46. The van der Waals surface area contributed by atoms with Gasteiger partial charge in [0.1, 0.15) is 0 Å². The lowest BCUT2D eigenvalue weighted by Crippen LogP contribution is -2.38. The monoisotopic (exact) mass is 353 g/mol. The third-order valence-corrected chi connectivity index (χ3v) is 4.62. The van der Waals surface area contributed by atoms with Crippen molar-refractivity contribution < 1.29 is 4.79 Å². The normalized spacial score (nSPS) is 16.0. The second-order valence-corrected chi connectivity index (χ2v) is 6.54. The van der Waals surface area contributed by atoms with Crippen LogP contribution in [-0.2, 0) is 11.3 Å². The third kappa shape index (κ3) is 4.71. The van der Waals surface area contributed by atoms with Gasteiger partial charge in [-0.3, -0.25) is 4.79 Å². The van der Waals surface area contributed by atoms with E-state index >= 15 is 0 Å². The van der Waals surface area contributed by atoms with Crippen LogP contribution in [0.1, 0.15) is 25.3 Å². The second kappa shape index (κ2) is 7.80. The number of hydrogen-bond acceptors (Lipinski definition) is 3. The molecule has 4 nitrogen and oxygen atoms in total. The molecule has 1 aliphatic rings. The lowest BCUT2D eigenvalue weighted by atomic mass is 9.96. The van der Waals surface area contributed by atoms with Gasteiger partial charge in [-0.15, -0.1) is 0 Å². The highest BCUT2D eigenvalue weighted by Crippen LogP contribution is 2.30. The van der Waals surface area contributed by atoms with Crippen LogP contribution in [-0.4, -0.2) is 32.6 Å². The standard InChI is InChI=1S/C16H24BrN3O/c1-12(21)19-11-13-5-7-20(8-6-13)16-4-3-14(10-18-2)9-15(16)17/h3-4,9,13,18H,5-8,10-11H2,1-2H3,(H,19,21). The van der Waals surface area contributed by atoms with Crippen molar-refractivity contribution in [3.8, 4) is 0 Å². The maximum atomic E-state index is 11.0. The zero-order chi connectivity index (χ0) is 15.2. The number of carbonyl (C=O) groups excluding carboxylic acids is 1. The highest BCUT2D eigenvalue weighted by molar-refractivity contribution is 9.10. The van der Waals surface area contributed by atoms with Gasteiger partial charge in [0.15, 0.2) is 0 Å². The van der Waals surface area contributed by atoms with Crippen molar-refractivity contribution in [2.45, 2.75) is 26.3 Å². The summed E-state index contributed by atoms with van der Waals surface area (Å²) in [5.74, 6) is 0.674. The van der Waals surface area contributed by atoms with E-state index in [9.17, 15) is 4.79 Å². The summed E-state index contributed by atoms with van der Waals surface area (Å²) in [6.07, 6.45) is 2.26. The van der Waals surface area contributed by atoms with Crippen LogP contribution in [0.2, 0.25) is 0 Å². The number of halogens is 1. The Labute approximate surface area is 135 Å². The summed E-state index contributed by atoms with van der Waals surface area (Å²) in [6, 6.07) is 6.57. The smallest absolute Gasteiger partial charge is 0.216 e. The Kier molecular flexibility index (Phi) is 6.06. The van der Waals surface area contributed by atoms with Gasteiger partial charge in [-0.05, 0) is 59.4 Å². The van der Waals surface area contributed by atoms with Crippen molar-refractivity contribution in [3.05, 3.63) is 28.2 Å². The summed E-state index contributed by atoms with van der Waals surface area (Å²) >= 11 is 3.69. The number of hydrogen-bond donors (Lipinski definition) is 2. The van der Waals surface area contributed by atoms with E-state index in [4.69, 9.17) is 0 Å². The Morgan fingerprint density at radius 2 is 2.10 bits per heavy atom. The number of carbonyl (C=O) groups is 1. The maximum Gasteiger partial charge on any atom is 0.216 e. The average molecular weight is 354 g/mol. The maximum absolute atomic E-state index is 11.0. The van der Waals surface area contributed by atoms with Crippen LogP contribution < -0.4 is 15.5 Å². The number of anilines is 1. The van der Waals surface area contributed by atoms with Gasteiger partial charge in [0.2, 0.25) is 5.91 Å². The van der Waals surface area contributed by atoms with E-state index in [1.165, 1.54) is 11.3 Å². The van der Waals surface area contributed by atoms with Gasteiger partial charge in [-0.2, -0.15) is 0 Å². The molecule has 0 unspecified atom stereocenters. The number of nitrogens with zero attached hydrogens (tertiary/aromatic N) is 1. The first kappa shape index (κ1) is 16.3. The molecule has 5 heteroatoms. The van der Waals surface area contributed by atoms with Gasteiger partial charge < -0.3 is 15.5 Å². The number of nitrogens with one attached hydrogen (secondary N) is 2. The van der Waals surface area contributed by atoms with E-state index in [-0.39, 0.29) is 5.91 Å². The van der Waals surface area contributed by atoms with Crippen LogP contribution in [0.3, 0.4) is 0 Å². The molecule has 0 spiro atoms. The molecule has 21 heavy (non-hydrogen) atoms. The highest BCUT2D eigenvalue weighted by Gasteiger charge is 2.20. The van der Waals surface area contributed by atoms with Crippen LogP contribution >= 0.6 is 15.9 Å². The van der Waals surface area contributed by atoms with Gasteiger partial charge in [0.25, 0.3) is 0 Å². The summed E-state index contributed by atoms with van der Waals surface area (Å²) in [5.41, 5.74) is 2.56. The van der Waals surface area contributed by atoms with E-state index in [0.717, 1.165) is 43.5 Å². The highest BCUT2D eigenvalue weighted by atomic mass is 79.9. The molecule has 1 fully saturated rings. The molecule has 0 saturated carbocycles. The molecule has 0 aromatic heterocycles. The van der Waals surface area contributed by atoms with Crippen LogP contribution in [0.4, 0.5) is 5.69 Å². The first-order valence-corrected chi connectivity index (χ1v) is 8.32. The van der Waals surface area contributed by atoms with Crippen molar-refractivity contribution >= 4 is 27.5 Å². The van der Waals surface area contributed by atoms with Crippen molar-refractivity contribution in [2.75, 3.05) is 31.6 Å². The molecule has 0 bridgehead atoms. The molecule has 1 heterocycles. The fraction of sp³-hybridized carbons (Fsp3) is 0.562. The van der Waals surface area contributed by atoms with Gasteiger partial charge in [0, 0.05) is 37.6 Å². The molecule has 1 saturated heterocycles. The van der Waals surface area contributed by atoms with E-state index in [1.807, 2.05) is 7.05 Å². The molecule has 1 aliphatic heterocycles. The molecule has 0 atom stereocenters. The van der Waals surface area contributed by atoms with Gasteiger partial charge in [-0.1, -0.05) is 6.07 Å². The van der Waals surface area contributed by atoms with Crippen molar-refractivity contribution in [2.24, 2.45) is 5.92 Å². The van der Waals surface area contributed by atoms with Crippen molar-refractivity contribution in [3.63, 3.8) is 0 Å². The second-order valence-electron chi connectivity index (χ2n) is 5.68. The fourth-order valence-corrected chi connectivity index (χ4v) is 3.46. The molecule has 116 valence electrons. The Morgan fingerprint density at radius 1 is 1.38 bits per heavy atom. The predicted molar refractivity (Wildman–Crippen MR) is 90.5 cm³/mol. The summed E-state index contributed by atoms with van der Waals surface area (Å²) in [5, 5.41) is 6.10. The van der Waals surface area contributed by atoms with E-state index in [2.05, 4.69) is 49.7 Å². The van der Waals surface area contributed by atoms with Crippen LogP contribution in [0.15, 0.2) is 22.7 Å². The fourth-order valence-electron chi connectivity index (χ4n) is 2.79. The third-order valence-electron chi connectivity index (χ3n) is 3.99. The molecular weight excluding hydrogens is 330 g/mol. The van der Waals surface area contributed by atoms with E-state index in [1.54, 1.807) is 6.92 Å². The van der Waals surface area contributed by atoms with Gasteiger partial charge >= 0.3 is 0 Å². The SMILES string of the molecule is CNCc1ccc(N2CCC(CNC(C)=O)CC2)c(Br)c1. The number of piperidine rings is 1. The lowest BCUT2D eigenvalue weighted by Gasteiger charge is -2.34. The van der Waals surface area contributed by atoms with Crippen LogP contribution in [0, 0.1) is 5.92 Å². The Balaban J connectivity index is 1.91.